The zero-order valence-electron chi connectivity index (χ0n) is 12.5. The van der Waals surface area contributed by atoms with E-state index in [1.54, 1.807) is 6.07 Å². The summed E-state index contributed by atoms with van der Waals surface area (Å²) in [7, 11) is 0. The second kappa shape index (κ2) is 5.79. The van der Waals surface area contributed by atoms with Crippen LogP contribution in [0.2, 0.25) is 0 Å². The third-order valence-electron chi connectivity index (χ3n) is 3.95. The SMILES string of the molecule is CCc1cc(C(=O)NC2CCC(C)(C)C2)cc(NN)n1. The molecule has 0 spiro atoms. The third-order valence-corrected chi connectivity index (χ3v) is 3.95. The molecule has 0 aliphatic heterocycles. The summed E-state index contributed by atoms with van der Waals surface area (Å²) in [6, 6.07) is 3.79. The number of rotatable bonds is 4. The summed E-state index contributed by atoms with van der Waals surface area (Å²) in [5.74, 6) is 5.89. The first-order chi connectivity index (χ1) is 9.43. The van der Waals surface area contributed by atoms with E-state index in [-0.39, 0.29) is 11.9 Å². The number of carbonyl (C=O) groups is 1. The molecule has 1 aliphatic rings. The quantitative estimate of drug-likeness (QED) is 0.582. The Morgan fingerprint density at radius 2 is 2.25 bits per heavy atom. The molecular formula is C15H24N4O. The van der Waals surface area contributed by atoms with E-state index in [9.17, 15) is 4.79 Å². The lowest BCUT2D eigenvalue weighted by Gasteiger charge is -2.18. The molecule has 1 aromatic heterocycles. The van der Waals surface area contributed by atoms with Crippen LogP contribution in [0.3, 0.4) is 0 Å². The number of pyridine rings is 1. The molecule has 1 heterocycles. The summed E-state index contributed by atoms with van der Waals surface area (Å²) in [5, 5.41) is 3.12. The molecule has 0 bridgehead atoms. The minimum atomic E-state index is -0.0405. The molecule has 0 saturated heterocycles. The van der Waals surface area contributed by atoms with E-state index in [1.165, 1.54) is 0 Å². The Bertz CT molecular complexity index is 476. The second-order valence-corrected chi connectivity index (χ2v) is 6.31. The number of carbonyl (C=O) groups excluding carboxylic acids is 1. The number of hydrogen-bond acceptors (Lipinski definition) is 4. The Hall–Kier alpha value is -1.62. The molecule has 1 amide bonds. The van der Waals surface area contributed by atoms with Crippen LogP contribution in [0.1, 0.15) is 56.1 Å². The van der Waals surface area contributed by atoms with E-state index in [1.807, 2.05) is 13.0 Å². The Kier molecular flexibility index (Phi) is 4.28. The zero-order valence-corrected chi connectivity index (χ0v) is 12.5. The summed E-state index contributed by atoms with van der Waals surface area (Å²) < 4.78 is 0. The van der Waals surface area contributed by atoms with Crippen molar-refractivity contribution in [3.8, 4) is 0 Å². The number of nitrogens with two attached hydrogens (primary N) is 1. The predicted octanol–water partition coefficient (Wildman–Crippen LogP) is 2.24. The highest BCUT2D eigenvalue weighted by Gasteiger charge is 2.31. The van der Waals surface area contributed by atoms with Gasteiger partial charge in [-0.25, -0.2) is 10.8 Å². The van der Waals surface area contributed by atoms with Crippen molar-refractivity contribution in [2.75, 3.05) is 5.43 Å². The fourth-order valence-electron chi connectivity index (χ4n) is 2.80. The average Bonchev–Trinajstić information content (AvgIpc) is 2.77. The monoisotopic (exact) mass is 276 g/mol. The summed E-state index contributed by atoms with van der Waals surface area (Å²) in [6.45, 7) is 6.50. The molecule has 0 aromatic carbocycles. The van der Waals surface area contributed by atoms with Crippen molar-refractivity contribution in [3.63, 3.8) is 0 Å². The highest BCUT2D eigenvalue weighted by atomic mass is 16.1. The standard InChI is InChI=1S/C15H24N4O/c1-4-11-7-10(8-13(17-11)19-16)14(20)18-12-5-6-15(2,3)9-12/h7-8,12H,4-6,9,16H2,1-3H3,(H,17,19)(H,18,20). The maximum absolute atomic E-state index is 12.3. The first-order valence-electron chi connectivity index (χ1n) is 7.22. The highest BCUT2D eigenvalue weighted by Crippen LogP contribution is 2.36. The minimum Gasteiger partial charge on any atom is -0.349 e. The number of anilines is 1. The van der Waals surface area contributed by atoms with Gasteiger partial charge in [0.05, 0.1) is 0 Å². The van der Waals surface area contributed by atoms with Crippen LogP contribution in [0.25, 0.3) is 0 Å². The molecule has 1 unspecified atom stereocenters. The van der Waals surface area contributed by atoms with Gasteiger partial charge in [0.2, 0.25) is 0 Å². The van der Waals surface area contributed by atoms with Crippen LogP contribution in [-0.2, 0) is 6.42 Å². The van der Waals surface area contributed by atoms with E-state index in [4.69, 9.17) is 5.84 Å². The number of nitrogens with zero attached hydrogens (tertiary/aromatic N) is 1. The van der Waals surface area contributed by atoms with Crippen LogP contribution in [0.15, 0.2) is 12.1 Å². The fraction of sp³-hybridized carbons (Fsp3) is 0.600. The molecule has 1 aromatic rings. The smallest absolute Gasteiger partial charge is 0.251 e. The second-order valence-electron chi connectivity index (χ2n) is 6.31. The van der Waals surface area contributed by atoms with E-state index in [0.717, 1.165) is 31.4 Å². The number of nitrogen functional groups attached to an aromatic ring is 1. The lowest BCUT2D eigenvalue weighted by Crippen LogP contribution is -2.33. The minimum absolute atomic E-state index is 0.0405. The van der Waals surface area contributed by atoms with Crippen molar-refractivity contribution in [1.82, 2.24) is 10.3 Å². The predicted molar refractivity (Wildman–Crippen MR) is 80.3 cm³/mol. The molecular weight excluding hydrogens is 252 g/mol. The fourth-order valence-corrected chi connectivity index (χ4v) is 2.80. The van der Waals surface area contributed by atoms with Crippen molar-refractivity contribution in [2.24, 2.45) is 11.3 Å². The Morgan fingerprint density at radius 1 is 1.50 bits per heavy atom. The van der Waals surface area contributed by atoms with Crippen molar-refractivity contribution < 1.29 is 4.79 Å². The Morgan fingerprint density at radius 3 is 2.80 bits per heavy atom. The van der Waals surface area contributed by atoms with Gasteiger partial charge in [-0.05, 0) is 43.2 Å². The third kappa shape index (κ3) is 3.48. The first kappa shape index (κ1) is 14.8. The molecule has 1 aliphatic carbocycles. The van der Waals surface area contributed by atoms with E-state index in [0.29, 0.717) is 16.8 Å². The van der Waals surface area contributed by atoms with Gasteiger partial charge < -0.3 is 10.7 Å². The van der Waals surface area contributed by atoms with Crippen molar-refractivity contribution in [3.05, 3.63) is 23.4 Å². The average molecular weight is 276 g/mol. The lowest BCUT2D eigenvalue weighted by atomic mass is 9.92. The number of hydrogen-bond donors (Lipinski definition) is 3. The molecule has 110 valence electrons. The van der Waals surface area contributed by atoms with Crippen LogP contribution in [0, 0.1) is 5.41 Å². The number of nitrogens with one attached hydrogen (secondary N) is 2. The number of aryl methyl sites for hydroxylation is 1. The van der Waals surface area contributed by atoms with Crippen molar-refractivity contribution in [1.29, 1.82) is 0 Å². The van der Waals surface area contributed by atoms with Gasteiger partial charge in [-0.1, -0.05) is 20.8 Å². The topological polar surface area (TPSA) is 80.0 Å². The Labute approximate surface area is 120 Å². The summed E-state index contributed by atoms with van der Waals surface area (Å²) >= 11 is 0. The largest absolute Gasteiger partial charge is 0.349 e. The maximum atomic E-state index is 12.3. The van der Waals surface area contributed by atoms with Gasteiger partial charge >= 0.3 is 0 Å². The zero-order chi connectivity index (χ0) is 14.8. The van der Waals surface area contributed by atoms with Gasteiger partial charge in [-0.15, -0.1) is 0 Å². The summed E-state index contributed by atoms with van der Waals surface area (Å²) in [5.41, 5.74) is 4.32. The van der Waals surface area contributed by atoms with Crippen molar-refractivity contribution >= 4 is 11.7 Å². The molecule has 20 heavy (non-hydrogen) atoms. The van der Waals surface area contributed by atoms with Gasteiger partial charge in [0.15, 0.2) is 0 Å². The molecule has 2 rings (SSSR count). The number of aromatic nitrogens is 1. The van der Waals surface area contributed by atoms with E-state index < -0.39 is 0 Å². The van der Waals surface area contributed by atoms with Crippen molar-refractivity contribution in [2.45, 2.75) is 52.5 Å². The van der Waals surface area contributed by atoms with Gasteiger partial charge in [0.1, 0.15) is 5.82 Å². The maximum Gasteiger partial charge on any atom is 0.251 e. The van der Waals surface area contributed by atoms with Crippen LogP contribution in [0.5, 0.6) is 0 Å². The van der Waals surface area contributed by atoms with Crippen LogP contribution < -0.4 is 16.6 Å². The number of hydrazine groups is 1. The lowest BCUT2D eigenvalue weighted by molar-refractivity contribution is 0.0936. The van der Waals surface area contributed by atoms with Gasteiger partial charge in [-0.2, -0.15) is 0 Å². The number of amides is 1. The molecule has 1 atom stereocenters. The van der Waals surface area contributed by atoms with E-state index >= 15 is 0 Å². The molecule has 4 N–H and O–H groups in total. The van der Waals surface area contributed by atoms with E-state index in [2.05, 4.69) is 29.6 Å². The normalized spacial score (nSPS) is 20.7. The summed E-state index contributed by atoms with van der Waals surface area (Å²) in [6.07, 6.45) is 4.01. The van der Waals surface area contributed by atoms with Gasteiger partial charge in [-0.3, -0.25) is 4.79 Å². The molecule has 1 fully saturated rings. The van der Waals surface area contributed by atoms with Crippen LogP contribution in [0.4, 0.5) is 5.82 Å². The Balaban J connectivity index is 2.09. The molecule has 1 saturated carbocycles. The molecule has 5 nitrogen and oxygen atoms in total. The molecule has 5 heteroatoms. The molecule has 0 radical (unpaired) electrons. The van der Waals surface area contributed by atoms with Crippen LogP contribution in [-0.4, -0.2) is 16.9 Å². The van der Waals surface area contributed by atoms with Crippen LogP contribution >= 0.6 is 0 Å². The van der Waals surface area contributed by atoms with Gasteiger partial charge in [0.25, 0.3) is 5.91 Å². The summed E-state index contributed by atoms with van der Waals surface area (Å²) in [4.78, 5) is 16.6. The van der Waals surface area contributed by atoms with Gasteiger partial charge in [0, 0.05) is 17.3 Å². The first-order valence-corrected chi connectivity index (χ1v) is 7.22. The highest BCUT2D eigenvalue weighted by molar-refractivity contribution is 5.95.